The molecule has 0 aliphatic carbocycles. The molecule has 1 aliphatic rings. The number of anilines is 1. The van der Waals surface area contributed by atoms with Crippen LogP contribution in [0, 0.1) is 13.0 Å². The van der Waals surface area contributed by atoms with Crippen LogP contribution >= 0.6 is 56.8 Å². The van der Waals surface area contributed by atoms with Gasteiger partial charge in [0.1, 0.15) is 23.7 Å². The predicted octanol–water partition coefficient (Wildman–Crippen LogP) is 5.93. The van der Waals surface area contributed by atoms with Crippen molar-refractivity contribution in [2.45, 2.75) is 6.61 Å². The standard InChI is InChI=1S/C24H14ClFI2N2O4/c25-15-6-4-13(5-7-15)12-34-21-19(27)9-14(10-20(21)28)8-18-22(31)29-24(33)30(23(18)32)17-3-1-2-16(26)11-17/h1-11H,12H2,(H,29,31,33)/b18-8+. The molecule has 4 amide bonds. The van der Waals surface area contributed by atoms with Crippen LogP contribution in [0.2, 0.25) is 5.02 Å². The zero-order valence-electron chi connectivity index (χ0n) is 17.2. The molecule has 0 atom stereocenters. The topological polar surface area (TPSA) is 75.7 Å². The summed E-state index contributed by atoms with van der Waals surface area (Å²) in [6.07, 6.45) is 1.39. The predicted molar refractivity (Wildman–Crippen MR) is 143 cm³/mol. The molecule has 0 spiro atoms. The second-order valence-electron chi connectivity index (χ2n) is 7.17. The van der Waals surface area contributed by atoms with E-state index in [2.05, 4.69) is 50.5 Å². The lowest BCUT2D eigenvalue weighted by atomic mass is 10.1. The summed E-state index contributed by atoms with van der Waals surface area (Å²) >= 11 is 10.1. The number of benzene rings is 3. The van der Waals surface area contributed by atoms with E-state index in [4.69, 9.17) is 16.3 Å². The Balaban J connectivity index is 1.60. The monoisotopic (exact) mass is 702 g/mol. The number of carbonyl (C=O) groups excluding carboxylic acids is 3. The van der Waals surface area contributed by atoms with Crippen molar-refractivity contribution in [2.75, 3.05) is 4.90 Å². The van der Waals surface area contributed by atoms with E-state index in [1.807, 2.05) is 12.1 Å². The van der Waals surface area contributed by atoms with E-state index < -0.39 is 23.7 Å². The van der Waals surface area contributed by atoms with Crippen molar-refractivity contribution in [3.63, 3.8) is 0 Å². The minimum Gasteiger partial charge on any atom is -0.487 e. The van der Waals surface area contributed by atoms with E-state index in [1.54, 1.807) is 24.3 Å². The summed E-state index contributed by atoms with van der Waals surface area (Å²) < 4.78 is 21.2. The summed E-state index contributed by atoms with van der Waals surface area (Å²) in [7, 11) is 0. The van der Waals surface area contributed by atoms with Gasteiger partial charge in [0.25, 0.3) is 11.8 Å². The van der Waals surface area contributed by atoms with E-state index in [1.165, 1.54) is 24.3 Å². The summed E-state index contributed by atoms with van der Waals surface area (Å²) in [5.41, 5.74) is 1.30. The van der Waals surface area contributed by atoms with Gasteiger partial charge in [-0.2, -0.15) is 0 Å². The van der Waals surface area contributed by atoms with Crippen LogP contribution in [0.4, 0.5) is 14.9 Å². The molecule has 0 aromatic heterocycles. The zero-order valence-corrected chi connectivity index (χ0v) is 22.2. The largest absolute Gasteiger partial charge is 0.487 e. The first-order valence-corrected chi connectivity index (χ1v) is 12.3. The fourth-order valence-corrected chi connectivity index (χ4v) is 5.46. The Morgan fingerprint density at radius 3 is 2.32 bits per heavy atom. The van der Waals surface area contributed by atoms with Gasteiger partial charge in [0.05, 0.1) is 12.8 Å². The van der Waals surface area contributed by atoms with Crippen LogP contribution in [-0.4, -0.2) is 17.8 Å². The van der Waals surface area contributed by atoms with Gasteiger partial charge in [-0.3, -0.25) is 14.9 Å². The second kappa shape index (κ2) is 10.4. The quantitative estimate of drug-likeness (QED) is 0.203. The van der Waals surface area contributed by atoms with Crippen molar-refractivity contribution in [1.82, 2.24) is 5.32 Å². The van der Waals surface area contributed by atoms with Crippen LogP contribution in [0.1, 0.15) is 11.1 Å². The molecule has 1 fully saturated rings. The van der Waals surface area contributed by atoms with Gasteiger partial charge in [0, 0.05) is 5.02 Å². The normalized spacial score (nSPS) is 15.0. The number of rotatable bonds is 5. The number of nitrogens with zero attached hydrogens (tertiary/aromatic N) is 1. The van der Waals surface area contributed by atoms with Crippen LogP contribution in [-0.2, 0) is 16.2 Å². The number of nitrogens with one attached hydrogen (secondary N) is 1. The lowest BCUT2D eigenvalue weighted by molar-refractivity contribution is -0.122. The van der Waals surface area contributed by atoms with Crippen molar-refractivity contribution in [3.05, 3.63) is 95.3 Å². The van der Waals surface area contributed by atoms with Crippen molar-refractivity contribution < 1.29 is 23.5 Å². The molecular weight excluding hydrogens is 689 g/mol. The third-order valence-corrected chi connectivity index (χ3v) is 6.65. The first-order valence-electron chi connectivity index (χ1n) is 9.76. The summed E-state index contributed by atoms with van der Waals surface area (Å²) in [4.78, 5) is 38.4. The van der Waals surface area contributed by atoms with Gasteiger partial charge in [-0.25, -0.2) is 14.1 Å². The van der Waals surface area contributed by atoms with Crippen molar-refractivity contribution >= 4 is 86.4 Å². The fourth-order valence-electron chi connectivity index (χ4n) is 3.21. The molecule has 0 unspecified atom stereocenters. The number of ether oxygens (including phenoxy) is 1. The number of amides is 4. The maximum atomic E-state index is 13.6. The average molecular weight is 703 g/mol. The molecule has 1 saturated heterocycles. The Labute approximate surface area is 226 Å². The smallest absolute Gasteiger partial charge is 0.335 e. The second-order valence-corrected chi connectivity index (χ2v) is 9.93. The van der Waals surface area contributed by atoms with Gasteiger partial charge in [0.15, 0.2) is 0 Å². The van der Waals surface area contributed by atoms with E-state index in [0.717, 1.165) is 23.7 Å². The van der Waals surface area contributed by atoms with Crippen molar-refractivity contribution in [2.24, 2.45) is 0 Å². The highest BCUT2D eigenvalue weighted by atomic mass is 127. The molecule has 6 nitrogen and oxygen atoms in total. The third-order valence-electron chi connectivity index (χ3n) is 4.80. The minimum atomic E-state index is -0.937. The highest BCUT2D eigenvalue weighted by Gasteiger charge is 2.37. The van der Waals surface area contributed by atoms with E-state index >= 15 is 0 Å². The van der Waals surface area contributed by atoms with Crippen LogP contribution < -0.4 is 15.0 Å². The first kappa shape index (κ1) is 24.6. The molecule has 10 heteroatoms. The van der Waals surface area contributed by atoms with Crippen molar-refractivity contribution in [1.29, 1.82) is 0 Å². The molecule has 1 heterocycles. The Bertz CT molecular complexity index is 1320. The maximum Gasteiger partial charge on any atom is 0.335 e. The Morgan fingerprint density at radius 1 is 1.00 bits per heavy atom. The van der Waals surface area contributed by atoms with Gasteiger partial charge < -0.3 is 4.74 Å². The van der Waals surface area contributed by atoms with Gasteiger partial charge >= 0.3 is 6.03 Å². The number of carbonyl (C=O) groups is 3. The highest BCUT2D eigenvalue weighted by molar-refractivity contribution is 14.1. The Kier molecular flexibility index (Phi) is 7.53. The molecular formula is C24H14ClFI2N2O4. The van der Waals surface area contributed by atoms with E-state index in [9.17, 15) is 18.8 Å². The molecule has 1 aliphatic heterocycles. The average Bonchev–Trinajstić information content (AvgIpc) is 2.77. The number of hydrogen-bond acceptors (Lipinski definition) is 4. The van der Waals surface area contributed by atoms with Crippen LogP contribution in [0.3, 0.4) is 0 Å². The van der Waals surface area contributed by atoms with Gasteiger partial charge in [-0.1, -0.05) is 29.8 Å². The zero-order chi connectivity index (χ0) is 24.4. The SMILES string of the molecule is O=C1NC(=O)N(c2cccc(F)c2)C(=O)/C1=C/c1cc(I)c(OCc2ccc(Cl)cc2)c(I)c1. The summed E-state index contributed by atoms with van der Waals surface area (Å²) in [5, 5.41) is 2.77. The first-order chi connectivity index (χ1) is 16.2. The maximum absolute atomic E-state index is 13.6. The molecule has 3 aromatic carbocycles. The summed E-state index contributed by atoms with van der Waals surface area (Å²) in [6.45, 7) is 0.342. The van der Waals surface area contributed by atoms with Crippen LogP contribution in [0.15, 0.2) is 66.2 Å². The molecule has 3 aromatic rings. The lowest BCUT2D eigenvalue weighted by Gasteiger charge is -2.26. The highest BCUT2D eigenvalue weighted by Crippen LogP contribution is 2.31. The van der Waals surface area contributed by atoms with E-state index in [-0.39, 0.29) is 11.3 Å². The van der Waals surface area contributed by atoms with Gasteiger partial charge in [-0.15, -0.1) is 0 Å². The molecule has 0 saturated carbocycles. The molecule has 172 valence electrons. The number of halogens is 4. The van der Waals surface area contributed by atoms with Crippen LogP contribution in [0.5, 0.6) is 5.75 Å². The van der Waals surface area contributed by atoms with Crippen molar-refractivity contribution in [3.8, 4) is 5.75 Å². The minimum absolute atomic E-state index is 0.0241. The summed E-state index contributed by atoms with van der Waals surface area (Å²) in [6, 6.07) is 14.9. The van der Waals surface area contributed by atoms with Gasteiger partial charge in [-0.05, 0) is 105 Å². The van der Waals surface area contributed by atoms with Crippen LogP contribution in [0.25, 0.3) is 6.08 Å². The lowest BCUT2D eigenvalue weighted by Crippen LogP contribution is -2.54. The molecule has 34 heavy (non-hydrogen) atoms. The number of imide groups is 2. The molecule has 0 radical (unpaired) electrons. The van der Waals surface area contributed by atoms with E-state index in [0.29, 0.717) is 22.9 Å². The fraction of sp³-hybridized carbons (Fsp3) is 0.0417. The summed E-state index contributed by atoms with van der Waals surface area (Å²) in [5.74, 6) is -1.61. The molecule has 0 bridgehead atoms. The van der Waals surface area contributed by atoms with Gasteiger partial charge in [0.2, 0.25) is 0 Å². The molecule has 1 N–H and O–H groups in total. The molecule has 4 rings (SSSR count). The number of hydrogen-bond donors (Lipinski definition) is 1. The third kappa shape index (κ3) is 5.41. The Morgan fingerprint density at radius 2 is 1.68 bits per heavy atom. The number of barbiturate groups is 1. The number of urea groups is 1. The Hall–Kier alpha value is -2.51.